The molecule has 0 aromatic carbocycles. The van der Waals surface area contributed by atoms with Crippen molar-refractivity contribution in [3.63, 3.8) is 0 Å². The predicted octanol–water partition coefficient (Wildman–Crippen LogP) is 2.77. The van der Waals surface area contributed by atoms with Crippen molar-refractivity contribution in [2.24, 2.45) is 5.41 Å². The fourth-order valence-corrected chi connectivity index (χ4v) is 1.44. The Morgan fingerprint density at radius 2 is 2.00 bits per heavy atom. The third-order valence-corrected chi connectivity index (χ3v) is 2.72. The minimum Gasteiger partial charge on any atom is -0.381 e. The molecule has 90 valence electrons. The van der Waals surface area contributed by atoms with Gasteiger partial charge in [-0.25, -0.2) is 0 Å². The van der Waals surface area contributed by atoms with Crippen LogP contribution in [0, 0.1) is 5.41 Å². The number of hydrogen-bond donors (Lipinski definition) is 0. The van der Waals surface area contributed by atoms with Crippen LogP contribution >= 0.6 is 0 Å². The molecule has 0 radical (unpaired) electrons. The Hall–Kier alpha value is -0.290. The van der Waals surface area contributed by atoms with Crippen molar-refractivity contribution in [2.45, 2.75) is 32.4 Å². The Balaban J connectivity index is 2.02. The molecule has 0 saturated carbocycles. The third-order valence-electron chi connectivity index (χ3n) is 2.72. The van der Waals surface area contributed by atoms with Crippen LogP contribution in [-0.4, -0.2) is 32.6 Å². The largest absolute Gasteiger partial charge is 0.389 e. The second-order valence-electron chi connectivity index (χ2n) is 4.12. The predicted molar refractivity (Wildman–Crippen MR) is 49.7 cm³/mol. The highest BCUT2D eigenvalue weighted by atomic mass is 19.4. The Morgan fingerprint density at radius 3 is 2.40 bits per heavy atom. The number of ether oxygens (including phenoxy) is 2. The Bertz CT molecular complexity index is 182. The molecule has 0 aromatic rings. The number of rotatable bonds is 6. The summed E-state index contributed by atoms with van der Waals surface area (Å²) in [6.45, 7) is 4.08. The van der Waals surface area contributed by atoms with E-state index in [9.17, 15) is 13.2 Å². The standard InChI is InChI=1S/C10H17F3O2/c1-2-9(7-15-8-9)6-14-5-3-4-10(11,12)13/h2-8H2,1H3. The van der Waals surface area contributed by atoms with Gasteiger partial charge in [0.15, 0.2) is 0 Å². The summed E-state index contributed by atoms with van der Waals surface area (Å²) in [5.41, 5.74) is 0.0677. The SMILES string of the molecule is CCC1(COCCCC(F)(F)F)COC1. The summed E-state index contributed by atoms with van der Waals surface area (Å²) in [4.78, 5) is 0. The second-order valence-corrected chi connectivity index (χ2v) is 4.12. The molecule has 1 saturated heterocycles. The summed E-state index contributed by atoms with van der Waals surface area (Å²) in [6.07, 6.45) is -3.83. The lowest BCUT2D eigenvalue weighted by Crippen LogP contribution is -2.45. The quantitative estimate of drug-likeness (QED) is 0.648. The van der Waals surface area contributed by atoms with Gasteiger partial charge in [-0.1, -0.05) is 6.92 Å². The van der Waals surface area contributed by atoms with E-state index in [0.717, 1.165) is 6.42 Å². The molecule has 15 heavy (non-hydrogen) atoms. The number of alkyl halides is 3. The molecule has 1 aliphatic heterocycles. The van der Waals surface area contributed by atoms with Crippen LogP contribution in [0.4, 0.5) is 13.2 Å². The van der Waals surface area contributed by atoms with Gasteiger partial charge >= 0.3 is 6.18 Å². The van der Waals surface area contributed by atoms with E-state index in [1.54, 1.807) is 0 Å². The number of hydrogen-bond acceptors (Lipinski definition) is 2. The molecule has 0 bridgehead atoms. The van der Waals surface area contributed by atoms with Crippen LogP contribution in [0.15, 0.2) is 0 Å². The van der Waals surface area contributed by atoms with Gasteiger partial charge < -0.3 is 9.47 Å². The van der Waals surface area contributed by atoms with Gasteiger partial charge in [0.2, 0.25) is 0 Å². The summed E-state index contributed by atoms with van der Waals surface area (Å²) in [5.74, 6) is 0. The highest BCUT2D eigenvalue weighted by molar-refractivity contribution is 4.83. The maximum Gasteiger partial charge on any atom is 0.389 e. The summed E-state index contributed by atoms with van der Waals surface area (Å²) in [6, 6.07) is 0. The molecule has 1 aliphatic rings. The van der Waals surface area contributed by atoms with Crippen LogP contribution in [-0.2, 0) is 9.47 Å². The van der Waals surface area contributed by atoms with E-state index in [2.05, 4.69) is 0 Å². The van der Waals surface area contributed by atoms with Gasteiger partial charge in [0.1, 0.15) is 0 Å². The molecule has 0 aromatic heterocycles. The highest BCUT2D eigenvalue weighted by Gasteiger charge is 2.37. The van der Waals surface area contributed by atoms with Crippen molar-refractivity contribution in [2.75, 3.05) is 26.4 Å². The van der Waals surface area contributed by atoms with E-state index in [-0.39, 0.29) is 18.4 Å². The molecule has 2 nitrogen and oxygen atoms in total. The first kappa shape index (κ1) is 12.8. The smallest absolute Gasteiger partial charge is 0.381 e. The first-order valence-corrected chi connectivity index (χ1v) is 5.20. The first-order valence-electron chi connectivity index (χ1n) is 5.20. The maximum absolute atomic E-state index is 11.8. The van der Waals surface area contributed by atoms with Crippen molar-refractivity contribution in [1.29, 1.82) is 0 Å². The Morgan fingerprint density at radius 1 is 1.33 bits per heavy atom. The second kappa shape index (κ2) is 5.16. The lowest BCUT2D eigenvalue weighted by atomic mass is 9.84. The van der Waals surface area contributed by atoms with Crippen molar-refractivity contribution < 1.29 is 22.6 Å². The minimum atomic E-state index is -4.06. The van der Waals surface area contributed by atoms with E-state index in [4.69, 9.17) is 9.47 Å². The van der Waals surface area contributed by atoms with Gasteiger partial charge in [0, 0.05) is 18.4 Å². The average molecular weight is 226 g/mol. The van der Waals surface area contributed by atoms with E-state index in [0.29, 0.717) is 19.8 Å². The lowest BCUT2D eigenvalue weighted by molar-refractivity contribution is -0.157. The van der Waals surface area contributed by atoms with Crippen LogP contribution in [0.25, 0.3) is 0 Å². The van der Waals surface area contributed by atoms with Gasteiger partial charge in [-0.3, -0.25) is 0 Å². The molecule has 0 spiro atoms. The summed E-state index contributed by atoms with van der Waals surface area (Å²) >= 11 is 0. The summed E-state index contributed by atoms with van der Waals surface area (Å²) in [5, 5.41) is 0. The van der Waals surface area contributed by atoms with Gasteiger partial charge in [-0.05, 0) is 12.8 Å². The molecular formula is C10H17F3O2. The summed E-state index contributed by atoms with van der Waals surface area (Å²) in [7, 11) is 0. The maximum atomic E-state index is 11.8. The van der Waals surface area contributed by atoms with Crippen molar-refractivity contribution in [1.82, 2.24) is 0 Å². The molecule has 1 heterocycles. The first-order chi connectivity index (χ1) is 6.97. The van der Waals surface area contributed by atoms with E-state index in [1.807, 2.05) is 6.92 Å². The minimum absolute atomic E-state index is 0.0458. The zero-order valence-electron chi connectivity index (χ0n) is 8.90. The van der Waals surface area contributed by atoms with E-state index in [1.165, 1.54) is 0 Å². The molecule has 1 fully saturated rings. The van der Waals surface area contributed by atoms with Gasteiger partial charge in [-0.2, -0.15) is 13.2 Å². The van der Waals surface area contributed by atoms with Crippen LogP contribution < -0.4 is 0 Å². The average Bonchev–Trinajstić information content (AvgIpc) is 2.06. The topological polar surface area (TPSA) is 18.5 Å². The fourth-order valence-electron chi connectivity index (χ4n) is 1.44. The monoisotopic (exact) mass is 226 g/mol. The van der Waals surface area contributed by atoms with Gasteiger partial charge in [-0.15, -0.1) is 0 Å². The molecule has 0 unspecified atom stereocenters. The van der Waals surface area contributed by atoms with Crippen molar-refractivity contribution in [3.05, 3.63) is 0 Å². The molecule has 5 heteroatoms. The molecule has 1 rings (SSSR count). The molecule has 0 atom stereocenters. The van der Waals surface area contributed by atoms with Gasteiger partial charge in [0.05, 0.1) is 19.8 Å². The van der Waals surface area contributed by atoms with Crippen LogP contribution in [0.3, 0.4) is 0 Å². The highest BCUT2D eigenvalue weighted by Crippen LogP contribution is 2.31. The number of halogens is 3. The van der Waals surface area contributed by atoms with Crippen LogP contribution in [0.5, 0.6) is 0 Å². The van der Waals surface area contributed by atoms with Crippen molar-refractivity contribution >= 4 is 0 Å². The van der Waals surface area contributed by atoms with E-state index < -0.39 is 12.6 Å². The van der Waals surface area contributed by atoms with Crippen molar-refractivity contribution in [3.8, 4) is 0 Å². The lowest BCUT2D eigenvalue weighted by Gasteiger charge is -2.40. The van der Waals surface area contributed by atoms with E-state index >= 15 is 0 Å². The molecule has 0 amide bonds. The van der Waals surface area contributed by atoms with Crippen LogP contribution in [0.1, 0.15) is 26.2 Å². The fraction of sp³-hybridized carbons (Fsp3) is 1.00. The zero-order chi connectivity index (χ0) is 11.4. The zero-order valence-corrected chi connectivity index (χ0v) is 8.90. The Labute approximate surface area is 87.7 Å². The summed E-state index contributed by atoms with van der Waals surface area (Å²) < 4.78 is 45.7. The normalized spacial score (nSPS) is 20.0. The van der Waals surface area contributed by atoms with Crippen LogP contribution in [0.2, 0.25) is 0 Å². The van der Waals surface area contributed by atoms with Gasteiger partial charge in [0.25, 0.3) is 0 Å². The third kappa shape index (κ3) is 4.38. The molecule has 0 N–H and O–H groups in total. The molecular weight excluding hydrogens is 209 g/mol. The molecule has 0 aliphatic carbocycles. The Kier molecular flexibility index (Phi) is 4.40.